The zero-order valence-electron chi connectivity index (χ0n) is 6.65. The van der Waals surface area contributed by atoms with Gasteiger partial charge in [-0.05, 0) is 25.2 Å². The molecular formula is C8H17O. The molecule has 0 spiro atoms. The Bertz CT molecular complexity index is 69.1. The molecule has 0 aromatic heterocycles. The number of hydrogen-bond donors (Lipinski definition) is 1. The minimum atomic E-state index is -0.385. The lowest BCUT2D eigenvalue weighted by Gasteiger charge is -2.18. The summed E-state index contributed by atoms with van der Waals surface area (Å²) in [7, 11) is 0. The molecule has 0 aliphatic rings. The largest absolute Gasteiger partial charge is 0.393 e. The molecule has 0 saturated carbocycles. The van der Waals surface area contributed by atoms with Crippen molar-refractivity contribution in [1.29, 1.82) is 0 Å². The molecule has 0 bridgehead atoms. The first-order valence-electron chi connectivity index (χ1n) is 3.43. The number of aliphatic hydroxyl groups is 1. The fourth-order valence-corrected chi connectivity index (χ4v) is 0.600. The van der Waals surface area contributed by atoms with Crippen molar-refractivity contribution in [3.05, 3.63) is 6.92 Å². The predicted molar refractivity (Wildman–Crippen MR) is 40.1 cm³/mol. The van der Waals surface area contributed by atoms with Gasteiger partial charge in [0.15, 0.2) is 0 Å². The first-order valence-corrected chi connectivity index (χ1v) is 3.43. The van der Waals surface area contributed by atoms with Gasteiger partial charge in [0.05, 0.1) is 6.10 Å². The van der Waals surface area contributed by atoms with Crippen LogP contribution in [0.5, 0.6) is 0 Å². The second-order valence-electron chi connectivity index (χ2n) is 3.75. The third kappa shape index (κ3) is 7.96. The van der Waals surface area contributed by atoms with Crippen molar-refractivity contribution in [1.82, 2.24) is 0 Å². The Morgan fingerprint density at radius 3 is 2.00 bits per heavy atom. The van der Waals surface area contributed by atoms with Crippen LogP contribution in [0, 0.1) is 12.3 Å². The summed E-state index contributed by atoms with van der Waals surface area (Å²) in [4.78, 5) is 0. The van der Waals surface area contributed by atoms with Gasteiger partial charge in [0.2, 0.25) is 0 Å². The maximum Gasteiger partial charge on any atom is 0.0541 e. The van der Waals surface area contributed by atoms with E-state index in [9.17, 15) is 0 Å². The molecule has 1 atom stereocenters. The molecule has 1 N–H and O–H groups in total. The highest BCUT2D eigenvalue weighted by Crippen LogP contribution is 2.21. The van der Waals surface area contributed by atoms with Crippen LogP contribution in [-0.4, -0.2) is 11.2 Å². The van der Waals surface area contributed by atoms with Crippen LogP contribution in [-0.2, 0) is 0 Å². The van der Waals surface area contributed by atoms with Gasteiger partial charge in [0.25, 0.3) is 0 Å². The van der Waals surface area contributed by atoms with Gasteiger partial charge >= 0.3 is 0 Å². The van der Waals surface area contributed by atoms with E-state index in [0.717, 1.165) is 12.8 Å². The van der Waals surface area contributed by atoms with Crippen molar-refractivity contribution in [3.8, 4) is 0 Å². The zero-order chi connectivity index (χ0) is 7.49. The summed E-state index contributed by atoms with van der Waals surface area (Å²) in [5, 5.41) is 8.80. The van der Waals surface area contributed by atoms with E-state index in [4.69, 9.17) is 5.11 Å². The topological polar surface area (TPSA) is 20.2 Å². The van der Waals surface area contributed by atoms with Gasteiger partial charge in [-0.15, -0.1) is 0 Å². The summed E-state index contributed by atoms with van der Waals surface area (Å²) in [5.41, 5.74) is 0.332. The number of aliphatic hydroxyl groups excluding tert-OH is 1. The Balaban J connectivity index is 3.28. The molecule has 1 nitrogen and oxygen atoms in total. The number of rotatable bonds is 2. The molecule has 1 heteroatoms. The van der Waals surface area contributed by atoms with Crippen LogP contribution in [0.2, 0.25) is 0 Å². The van der Waals surface area contributed by atoms with Crippen molar-refractivity contribution in [2.45, 2.75) is 39.7 Å². The van der Waals surface area contributed by atoms with Crippen LogP contribution in [0.25, 0.3) is 0 Å². The maximum atomic E-state index is 8.80. The van der Waals surface area contributed by atoms with E-state index in [-0.39, 0.29) is 6.10 Å². The molecule has 0 fully saturated rings. The summed E-state index contributed by atoms with van der Waals surface area (Å²) in [6, 6.07) is 0. The summed E-state index contributed by atoms with van der Waals surface area (Å²) >= 11 is 0. The second-order valence-corrected chi connectivity index (χ2v) is 3.75. The lowest BCUT2D eigenvalue weighted by atomic mass is 9.89. The average molecular weight is 129 g/mol. The fraction of sp³-hybridized carbons (Fsp3) is 0.875. The summed E-state index contributed by atoms with van der Waals surface area (Å²) in [5.74, 6) is 0. The highest BCUT2D eigenvalue weighted by atomic mass is 16.3. The van der Waals surface area contributed by atoms with Gasteiger partial charge in [0, 0.05) is 0 Å². The van der Waals surface area contributed by atoms with E-state index in [0.29, 0.717) is 5.41 Å². The normalized spacial score (nSPS) is 15.7. The second kappa shape index (κ2) is 3.21. The molecular weight excluding hydrogens is 112 g/mol. The molecule has 55 valence electrons. The molecule has 9 heavy (non-hydrogen) atoms. The van der Waals surface area contributed by atoms with Gasteiger partial charge < -0.3 is 5.11 Å². The number of hydrogen-bond acceptors (Lipinski definition) is 1. The molecule has 1 unspecified atom stereocenters. The van der Waals surface area contributed by atoms with Gasteiger partial charge in [-0.2, -0.15) is 0 Å². The molecule has 0 rings (SSSR count). The Morgan fingerprint density at radius 2 is 1.89 bits per heavy atom. The average Bonchev–Trinajstić information content (AvgIpc) is 1.59. The minimum absolute atomic E-state index is 0.332. The van der Waals surface area contributed by atoms with Crippen molar-refractivity contribution in [2.75, 3.05) is 0 Å². The van der Waals surface area contributed by atoms with Gasteiger partial charge in [-0.3, -0.25) is 0 Å². The van der Waals surface area contributed by atoms with Crippen molar-refractivity contribution >= 4 is 0 Å². The highest BCUT2D eigenvalue weighted by Gasteiger charge is 2.10. The summed E-state index contributed by atoms with van der Waals surface area (Å²) < 4.78 is 0. The van der Waals surface area contributed by atoms with E-state index in [1.807, 2.05) is 0 Å². The Kier molecular flexibility index (Phi) is 3.20. The molecule has 0 aromatic carbocycles. The van der Waals surface area contributed by atoms with Crippen LogP contribution < -0.4 is 0 Å². The molecule has 0 saturated heterocycles. The lowest BCUT2D eigenvalue weighted by Crippen LogP contribution is -2.09. The van der Waals surface area contributed by atoms with E-state index < -0.39 is 0 Å². The van der Waals surface area contributed by atoms with E-state index in [2.05, 4.69) is 27.7 Å². The van der Waals surface area contributed by atoms with Crippen LogP contribution in [0.3, 0.4) is 0 Å². The predicted octanol–water partition coefficient (Wildman–Crippen LogP) is 2.01. The van der Waals surface area contributed by atoms with Crippen molar-refractivity contribution in [2.24, 2.45) is 5.41 Å². The van der Waals surface area contributed by atoms with Crippen LogP contribution in [0.1, 0.15) is 33.6 Å². The first kappa shape index (κ1) is 8.96. The molecule has 0 amide bonds. The fourth-order valence-electron chi connectivity index (χ4n) is 0.600. The molecule has 0 heterocycles. The third-order valence-corrected chi connectivity index (χ3v) is 1.23. The smallest absolute Gasteiger partial charge is 0.0541 e. The molecule has 1 radical (unpaired) electrons. The lowest BCUT2D eigenvalue weighted by molar-refractivity contribution is 0.186. The highest BCUT2D eigenvalue weighted by molar-refractivity contribution is 4.65. The third-order valence-electron chi connectivity index (χ3n) is 1.23. The molecule has 0 aliphatic carbocycles. The molecule has 0 aromatic rings. The Hall–Kier alpha value is -0.0400. The quantitative estimate of drug-likeness (QED) is 0.604. The van der Waals surface area contributed by atoms with Crippen LogP contribution in [0.4, 0.5) is 0 Å². The van der Waals surface area contributed by atoms with Gasteiger partial charge in [0.1, 0.15) is 0 Å². The SMILES string of the molecule is [CH2]C(O)CCC(C)(C)C. The first-order chi connectivity index (χ1) is 3.92. The molecule has 0 aliphatic heterocycles. The Morgan fingerprint density at radius 1 is 1.44 bits per heavy atom. The monoisotopic (exact) mass is 129 g/mol. The van der Waals surface area contributed by atoms with E-state index in [1.54, 1.807) is 0 Å². The maximum absolute atomic E-state index is 8.80. The van der Waals surface area contributed by atoms with Gasteiger partial charge in [-0.25, -0.2) is 0 Å². The van der Waals surface area contributed by atoms with E-state index in [1.165, 1.54) is 0 Å². The summed E-state index contributed by atoms with van der Waals surface area (Å²) in [6.07, 6.45) is 1.46. The van der Waals surface area contributed by atoms with Crippen LogP contribution >= 0.6 is 0 Å². The Labute approximate surface area is 58.1 Å². The van der Waals surface area contributed by atoms with E-state index >= 15 is 0 Å². The van der Waals surface area contributed by atoms with Crippen LogP contribution in [0.15, 0.2) is 0 Å². The summed E-state index contributed by atoms with van der Waals surface area (Å²) in [6.45, 7) is 9.98. The van der Waals surface area contributed by atoms with Crippen molar-refractivity contribution in [3.63, 3.8) is 0 Å². The standard InChI is InChI=1S/C8H17O/c1-7(9)5-6-8(2,3)4/h7,9H,1,5-6H2,2-4H3. The van der Waals surface area contributed by atoms with Gasteiger partial charge in [-0.1, -0.05) is 20.8 Å². The zero-order valence-corrected chi connectivity index (χ0v) is 6.65. The van der Waals surface area contributed by atoms with Crippen molar-refractivity contribution < 1.29 is 5.11 Å². The minimum Gasteiger partial charge on any atom is -0.393 e.